The van der Waals surface area contributed by atoms with E-state index in [4.69, 9.17) is 11.6 Å². The summed E-state index contributed by atoms with van der Waals surface area (Å²) in [6, 6.07) is 0. The van der Waals surface area contributed by atoms with E-state index in [1.165, 1.54) is 6.26 Å². The van der Waals surface area contributed by atoms with E-state index in [0.29, 0.717) is 5.57 Å². The van der Waals surface area contributed by atoms with Crippen LogP contribution in [0.25, 0.3) is 0 Å². The lowest BCUT2D eigenvalue weighted by Gasteiger charge is -1.83. The lowest BCUT2D eigenvalue weighted by molar-refractivity contribution is -0.221. The average molecular weight is 135 g/mol. The molecule has 0 aliphatic carbocycles. The van der Waals surface area contributed by atoms with Crippen molar-refractivity contribution in [2.24, 2.45) is 0 Å². The fourth-order valence-corrected chi connectivity index (χ4v) is 0.426. The van der Waals surface area contributed by atoms with Gasteiger partial charge in [-0.2, -0.15) is 4.89 Å². The minimum Gasteiger partial charge on any atom is -0.345 e. The number of carbonyl (C=O) groups is 1. The van der Waals surface area contributed by atoms with E-state index in [1.807, 2.05) is 0 Å². The Bertz CT molecular complexity index is 140. The van der Waals surface area contributed by atoms with E-state index < -0.39 is 5.24 Å². The maximum Gasteiger partial charge on any atom is 0.254 e. The van der Waals surface area contributed by atoms with Gasteiger partial charge in [-0.05, 0) is 11.6 Å². The number of hydrogen-bond donors (Lipinski definition) is 0. The second-order valence-corrected chi connectivity index (χ2v) is 1.62. The molecule has 8 heavy (non-hydrogen) atoms. The first-order chi connectivity index (χ1) is 3.80. The van der Waals surface area contributed by atoms with Crippen LogP contribution in [0.2, 0.25) is 0 Å². The summed E-state index contributed by atoms with van der Waals surface area (Å²) in [7, 11) is 0. The molecule has 0 unspecified atom stereocenters. The molecule has 0 saturated carbocycles. The molecule has 0 bridgehead atoms. The van der Waals surface area contributed by atoms with Crippen LogP contribution in [0, 0.1) is 0 Å². The maximum atomic E-state index is 10.2. The van der Waals surface area contributed by atoms with Crippen molar-refractivity contribution in [3.63, 3.8) is 0 Å². The van der Waals surface area contributed by atoms with Crippen LogP contribution >= 0.6 is 11.6 Å². The highest BCUT2D eigenvalue weighted by atomic mass is 35.5. The van der Waals surface area contributed by atoms with Crippen LogP contribution in [-0.4, -0.2) is 11.8 Å². The molecule has 0 aromatic rings. The number of halogens is 1. The Morgan fingerprint density at radius 2 is 2.62 bits per heavy atom. The molecule has 0 N–H and O–H groups in total. The summed E-state index contributed by atoms with van der Waals surface area (Å²) in [4.78, 5) is 18.8. The smallest absolute Gasteiger partial charge is 0.254 e. The van der Waals surface area contributed by atoms with Crippen molar-refractivity contribution < 1.29 is 14.6 Å². The third-order valence-corrected chi connectivity index (χ3v) is 0.968. The van der Waals surface area contributed by atoms with Crippen molar-refractivity contribution in [1.29, 1.82) is 0 Å². The van der Waals surface area contributed by atoms with Crippen LogP contribution in [0.15, 0.2) is 11.8 Å². The molecule has 1 aliphatic rings. The third-order valence-electron chi connectivity index (χ3n) is 0.725. The minimum absolute atomic E-state index is 0.155. The van der Waals surface area contributed by atoms with Crippen LogP contribution in [0.4, 0.5) is 0 Å². The van der Waals surface area contributed by atoms with Gasteiger partial charge < -0.3 is 4.89 Å². The Morgan fingerprint density at radius 1 is 1.88 bits per heavy atom. The highest BCUT2D eigenvalue weighted by Gasteiger charge is 2.12. The summed E-state index contributed by atoms with van der Waals surface area (Å²) >= 11 is 5.02. The molecule has 0 amide bonds. The Kier molecular flexibility index (Phi) is 1.50. The minimum atomic E-state index is -0.525. The highest BCUT2D eigenvalue weighted by Crippen LogP contribution is 2.07. The van der Waals surface area contributed by atoms with Crippen LogP contribution in [0.5, 0.6) is 0 Å². The quantitative estimate of drug-likeness (QED) is 0.389. The zero-order chi connectivity index (χ0) is 5.98. The van der Waals surface area contributed by atoms with E-state index in [9.17, 15) is 4.79 Å². The molecule has 1 heterocycles. The molecule has 4 heteroatoms. The second-order valence-electron chi connectivity index (χ2n) is 1.28. The molecule has 0 radical (unpaired) electrons. The summed E-state index contributed by atoms with van der Waals surface area (Å²) in [5, 5.41) is -0.525. The van der Waals surface area contributed by atoms with Crippen molar-refractivity contribution in [2.75, 3.05) is 6.61 Å². The van der Waals surface area contributed by atoms with E-state index in [0.717, 1.165) is 0 Å². The van der Waals surface area contributed by atoms with Gasteiger partial charge in [-0.15, -0.1) is 0 Å². The molecule has 0 aromatic carbocycles. The van der Waals surface area contributed by atoms with Gasteiger partial charge in [0.15, 0.2) is 0 Å². The number of rotatable bonds is 1. The van der Waals surface area contributed by atoms with Crippen molar-refractivity contribution >= 4 is 16.8 Å². The molecule has 0 spiro atoms. The van der Waals surface area contributed by atoms with E-state index >= 15 is 0 Å². The maximum absolute atomic E-state index is 10.2. The topological polar surface area (TPSA) is 35.5 Å². The average Bonchev–Trinajstić information content (AvgIpc) is 2.12. The van der Waals surface area contributed by atoms with Crippen LogP contribution in [0.1, 0.15) is 0 Å². The Morgan fingerprint density at radius 3 is 2.88 bits per heavy atom. The summed E-state index contributed by atoms with van der Waals surface area (Å²) < 4.78 is 0. The SMILES string of the molecule is O=C(Cl)C1=COOC1. The zero-order valence-electron chi connectivity index (χ0n) is 3.89. The largest absolute Gasteiger partial charge is 0.345 e. The van der Waals surface area contributed by atoms with Gasteiger partial charge in [-0.1, -0.05) is 0 Å². The molecule has 0 fully saturated rings. The van der Waals surface area contributed by atoms with Crippen LogP contribution < -0.4 is 0 Å². The number of carbonyl (C=O) groups excluding carboxylic acids is 1. The molecule has 0 aromatic heterocycles. The lowest BCUT2D eigenvalue weighted by atomic mass is 10.4. The Hall–Kier alpha value is -0.540. The third kappa shape index (κ3) is 0.993. The molecule has 3 nitrogen and oxygen atoms in total. The van der Waals surface area contributed by atoms with Crippen LogP contribution in [-0.2, 0) is 14.6 Å². The molecular formula is C4H3ClO3. The van der Waals surface area contributed by atoms with Crippen molar-refractivity contribution in [3.05, 3.63) is 11.8 Å². The first kappa shape index (κ1) is 5.59. The molecule has 44 valence electrons. The monoisotopic (exact) mass is 134 g/mol. The molecular weight excluding hydrogens is 131 g/mol. The fourth-order valence-electron chi connectivity index (χ4n) is 0.327. The van der Waals surface area contributed by atoms with E-state index in [-0.39, 0.29) is 6.61 Å². The molecule has 1 rings (SSSR count). The predicted octanol–water partition coefficient (Wildman–Crippen LogP) is 0.597. The van der Waals surface area contributed by atoms with Gasteiger partial charge in [0.05, 0.1) is 5.57 Å². The fraction of sp³-hybridized carbons (Fsp3) is 0.250. The van der Waals surface area contributed by atoms with Crippen molar-refractivity contribution in [3.8, 4) is 0 Å². The van der Waals surface area contributed by atoms with Gasteiger partial charge in [0.25, 0.3) is 5.24 Å². The molecule has 1 aliphatic heterocycles. The van der Waals surface area contributed by atoms with Gasteiger partial charge in [0.2, 0.25) is 0 Å². The number of hydrogen-bond acceptors (Lipinski definition) is 3. The van der Waals surface area contributed by atoms with E-state index in [1.54, 1.807) is 0 Å². The summed E-state index contributed by atoms with van der Waals surface area (Å²) in [5.41, 5.74) is 0.353. The Balaban J connectivity index is 2.57. The van der Waals surface area contributed by atoms with Gasteiger partial charge in [-0.3, -0.25) is 4.79 Å². The van der Waals surface area contributed by atoms with Gasteiger partial charge in [0.1, 0.15) is 12.9 Å². The molecule has 0 saturated heterocycles. The van der Waals surface area contributed by atoms with Gasteiger partial charge >= 0.3 is 0 Å². The normalized spacial score (nSPS) is 17.4. The summed E-state index contributed by atoms with van der Waals surface area (Å²) in [6.07, 6.45) is 1.19. The first-order valence-electron chi connectivity index (χ1n) is 1.98. The summed E-state index contributed by atoms with van der Waals surface area (Å²) in [5.74, 6) is 0. The standard InChI is InChI=1S/C4H3ClO3/c5-4(6)3-1-7-8-2-3/h1H,2H2. The highest BCUT2D eigenvalue weighted by molar-refractivity contribution is 6.67. The summed E-state index contributed by atoms with van der Waals surface area (Å²) in [6.45, 7) is 0.155. The first-order valence-corrected chi connectivity index (χ1v) is 2.35. The molecule has 0 atom stereocenters. The van der Waals surface area contributed by atoms with Crippen molar-refractivity contribution in [1.82, 2.24) is 0 Å². The van der Waals surface area contributed by atoms with Gasteiger partial charge in [0, 0.05) is 0 Å². The van der Waals surface area contributed by atoms with Crippen molar-refractivity contribution in [2.45, 2.75) is 0 Å². The van der Waals surface area contributed by atoms with Crippen LogP contribution in [0.3, 0.4) is 0 Å². The second kappa shape index (κ2) is 2.15. The van der Waals surface area contributed by atoms with Gasteiger partial charge in [-0.25, -0.2) is 0 Å². The Labute approximate surface area is 50.8 Å². The zero-order valence-corrected chi connectivity index (χ0v) is 4.64. The van der Waals surface area contributed by atoms with E-state index in [2.05, 4.69) is 9.78 Å². The predicted molar refractivity (Wildman–Crippen MR) is 26.0 cm³/mol. The lowest BCUT2D eigenvalue weighted by Crippen LogP contribution is -1.94.